The third kappa shape index (κ3) is 3.89. The lowest BCUT2D eigenvalue weighted by molar-refractivity contribution is -0.125. The molecule has 0 atom stereocenters. The summed E-state index contributed by atoms with van der Waals surface area (Å²) in [4.78, 5) is 26.3. The Balaban J connectivity index is 1.50. The van der Waals surface area contributed by atoms with Crippen LogP contribution in [0.5, 0.6) is 0 Å². The van der Waals surface area contributed by atoms with Gasteiger partial charge in [-0.15, -0.1) is 0 Å². The molecule has 0 spiro atoms. The largest absolute Gasteiger partial charge is 0.353 e. The fourth-order valence-electron chi connectivity index (χ4n) is 3.54. The number of benzene rings is 1. The molecule has 1 N–H and O–H groups in total. The second-order valence-corrected chi connectivity index (χ2v) is 6.57. The number of amides is 2. The Morgan fingerprint density at radius 1 is 1.09 bits per heavy atom. The number of carbonyl (C=O) groups excluding carboxylic acids is 2. The summed E-state index contributed by atoms with van der Waals surface area (Å²) in [6.45, 7) is 1.20. The van der Waals surface area contributed by atoms with E-state index < -0.39 is 5.82 Å². The Kier molecular flexibility index (Phi) is 4.94. The number of hydrogen-bond acceptors (Lipinski definition) is 2. The van der Waals surface area contributed by atoms with Crippen molar-refractivity contribution in [1.29, 1.82) is 0 Å². The highest BCUT2D eigenvalue weighted by Gasteiger charge is 2.28. The van der Waals surface area contributed by atoms with Crippen LogP contribution in [0.15, 0.2) is 24.3 Å². The lowest BCUT2D eigenvalue weighted by Crippen LogP contribution is -2.47. The molecule has 1 aliphatic carbocycles. The van der Waals surface area contributed by atoms with Crippen LogP contribution >= 0.6 is 0 Å². The van der Waals surface area contributed by atoms with Gasteiger partial charge in [0.25, 0.3) is 5.91 Å². The van der Waals surface area contributed by atoms with Gasteiger partial charge in [-0.3, -0.25) is 9.59 Å². The van der Waals surface area contributed by atoms with Gasteiger partial charge in [0.1, 0.15) is 5.82 Å². The minimum atomic E-state index is -0.394. The van der Waals surface area contributed by atoms with E-state index in [1.165, 1.54) is 12.1 Å². The van der Waals surface area contributed by atoms with E-state index in [1.807, 2.05) is 0 Å². The Bertz CT molecular complexity index is 576. The molecule has 3 rings (SSSR count). The van der Waals surface area contributed by atoms with Crippen LogP contribution in [-0.4, -0.2) is 35.8 Å². The van der Waals surface area contributed by atoms with Gasteiger partial charge in [-0.1, -0.05) is 18.9 Å². The molecule has 1 aromatic rings. The van der Waals surface area contributed by atoms with Crippen molar-refractivity contribution in [3.63, 3.8) is 0 Å². The van der Waals surface area contributed by atoms with E-state index in [9.17, 15) is 14.0 Å². The Hall–Kier alpha value is -1.91. The molecule has 2 aliphatic rings. The summed E-state index contributed by atoms with van der Waals surface area (Å²) in [6, 6.07) is 5.95. The summed E-state index contributed by atoms with van der Waals surface area (Å²) < 4.78 is 13.2. The predicted molar refractivity (Wildman–Crippen MR) is 85.4 cm³/mol. The predicted octanol–water partition coefficient (Wildman–Crippen LogP) is 2.74. The van der Waals surface area contributed by atoms with Crippen molar-refractivity contribution >= 4 is 11.8 Å². The van der Waals surface area contributed by atoms with Gasteiger partial charge in [-0.2, -0.15) is 0 Å². The first-order valence-electron chi connectivity index (χ1n) is 8.49. The van der Waals surface area contributed by atoms with Gasteiger partial charge < -0.3 is 10.2 Å². The highest BCUT2D eigenvalue weighted by molar-refractivity contribution is 5.94. The fourth-order valence-corrected chi connectivity index (χ4v) is 3.54. The molecule has 0 aromatic heterocycles. The summed E-state index contributed by atoms with van der Waals surface area (Å²) in [5.74, 6) is -0.168. The molecule has 1 heterocycles. The standard InChI is InChI=1S/C18H23FN2O2/c19-15-7-3-6-14(12-15)18(23)21-10-8-16(9-11-21)20-17(22)13-4-1-2-5-13/h3,6-7,12-13,16H,1-2,4-5,8-11H2,(H,20,22). The lowest BCUT2D eigenvalue weighted by atomic mass is 10.0. The van der Waals surface area contributed by atoms with Crippen molar-refractivity contribution in [2.45, 2.75) is 44.6 Å². The van der Waals surface area contributed by atoms with Crippen LogP contribution in [0.2, 0.25) is 0 Å². The van der Waals surface area contributed by atoms with E-state index in [2.05, 4.69) is 5.32 Å². The number of hydrogen-bond donors (Lipinski definition) is 1. The number of carbonyl (C=O) groups is 2. The average Bonchev–Trinajstić information content (AvgIpc) is 3.09. The Morgan fingerprint density at radius 3 is 2.43 bits per heavy atom. The molecule has 5 heteroatoms. The molecular weight excluding hydrogens is 295 g/mol. The van der Waals surface area contributed by atoms with Crippen molar-refractivity contribution < 1.29 is 14.0 Å². The van der Waals surface area contributed by atoms with Gasteiger partial charge in [0.15, 0.2) is 0 Å². The molecule has 23 heavy (non-hydrogen) atoms. The van der Waals surface area contributed by atoms with Gasteiger partial charge in [0.05, 0.1) is 0 Å². The molecule has 1 aliphatic heterocycles. The molecule has 1 aromatic carbocycles. The van der Waals surface area contributed by atoms with Gasteiger partial charge in [0, 0.05) is 30.6 Å². The second kappa shape index (κ2) is 7.11. The van der Waals surface area contributed by atoms with Crippen LogP contribution in [0.1, 0.15) is 48.9 Å². The van der Waals surface area contributed by atoms with Crippen molar-refractivity contribution in [3.8, 4) is 0 Å². The second-order valence-electron chi connectivity index (χ2n) is 6.57. The van der Waals surface area contributed by atoms with Gasteiger partial charge in [-0.05, 0) is 43.9 Å². The van der Waals surface area contributed by atoms with Gasteiger partial charge in [0.2, 0.25) is 5.91 Å². The number of likely N-dealkylation sites (tertiary alicyclic amines) is 1. The van der Waals surface area contributed by atoms with E-state index in [4.69, 9.17) is 0 Å². The summed E-state index contributed by atoms with van der Waals surface area (Å²) in [5, 5.41) is 3.13. The van der Waals surface area contributed by atoms with Gasteiger partial charge in [-0.25, -0.2) is 4.39 Å². The van der Waals surface area contributed by atoms with E-state index in [0.29, 0.717) is 18.7 Å². The summed E-state index contributed by atoms with van der Waals surface area (Å²) >= 11 is 0. The summed E-state index contributed by atoms with van der Waals surface area (Å²) in [6.07, 6.45) is 5.84. The van der Waals surface area contributed by atoms with Crippen LogP contribution in [0.4, 0.5) is 4.39 Å². The lowest BCUT2D eigenvalue weighted by Gasteiger charge is -2.33. The van der Waals surface area contributed by atoms with Crippen molar-refractivity contribution in [1.82, 2.24) is 10.2 Å². The molecule has 2 amide bonds. The van der Waals surface area contributed by atoms with Crippen LogP contribution < -0.4 is 5.32 Å². The highest BCUT2D eigenvalue weighted by Crippen LogP contribution is 2.25. The topological polar surface area (TPSA) is 49.4 Å². The highest BCUT2D eigenvalue weighted by atomic mass is 19.1. The summed E-state index contributed by atoms with van der Waals surface area (Å²) in [7, 11) is 0. The fraction of sp³-hybridized carbons (Fsp3) is 0.556. The van der Waals surface area contributed by atoms with E-state index in [0.717, 1.165) is 38.5 Å². The number of nitrogens with one attached hydrogen (secondary N) is 1. The minimum Gasteiger partial charge on any atom is -0.353 e. The maximum Gasteiger partial charge on any atom is 0.253 e. The minimum absolute atomic E-state index is 0.134. The maximum absolute atomic E-state index is 13.2. The first-order chi connectivity index (χ1) is 11.1. The quantitative estimate of drug-likeness (QED) is 0.931. The maximum atomic E-state index is 13.2. The zero-order valence-electron chi connectivity index (χ0n) is 13.3. The van der Waals surface area contributed by atoms with Crippen LogP contribution in [0.25, 0.3) is 0 Å². The Labute approximate surface area is 136 Å². The molecule has 4 nitrogen and oxygen atoms in total. The molecule has 1 saturated heterocycles. The first kappa shape index (κ1) is 16.0. The first-order valence-corrected chi connectivity index (χ1v) is 8.49. The zero-order valence-corrected chi connectivity index (χ0v) is 13.3. The monoisotopic (exact) mass is 318 g/mol. The van der Waals surface area contributed by atoms with Crippen molar-refractivity contribution in [2.24, 2.45) is 5.92 Å². The molecule has 124 valence electrons. The number of halogens is 1. The average molecular weight is 318 g/mol. The van der Waals surface area contributed by atoms with Crippen molar-refractivity contribution in [3.05, 3.63) is 35.6 Å². The molecule has 0 unspecified atom stereocenters. The molecule has 0 bridgehead atoms. The number of rotatable bonds is 3. The van der Waals surface area contributed by atoms with E-state index >= 15 is 0 Å². The van der Waals surface area contributed by atoms with E-state index in [1.54, 1.807) is 17.0 Å². The van der Waals surface area contributed by atoms with Crippen LogP contribution in [0, 0.1) is 11.7 Å². The molecule has 0 radical (unpaired) electrons. The number of piperidine rings is 1. The smallest absolute Gasteiger partial charge is 0.253 e. The Morgan fingerprint density at radius 2 is 1.78 bits per heavy atom. The SMILES string of the molecule is O=C(NC1CCN(C(=O)c2cccc(F)c2)CC1)C1CCCC1. The third-order valence-corrected chi connectivity index (χ3v) is 4.93. The number of nitrogens with zero attached hydrogens (tertiary/aromatic N) is 1. The molecule has 1 saturated carbocycles. The molecular formula is C18H23FN2O2. The zero-order chi connectivity index (χ0) is 16.2. The third-order valence-electron chi connectivity index (χ3n) is 4.93. The van der Waals surface area contributed by atoms with Gasteiger partial charge >= 0.3 is 0 Å². The summed E-state index contributed by atoms with van der Waals surface area (Å²) in [5.41, 5.74) is 0.387. The van der Waals surface area contributed by atoms with Crippen LogP contribution in [0.3, 0.4) is 0 Å². The van der Waals surface area contributed by atoms with E-state index in [-0.39, 0.29) is 23.8 Å². The van der Waals surface area contributed by atoms with Crippen molar-refractivity contribution in [2.75, 3.05) is 13.1 Å². The normalized spacial score (nSPS) is 19.8. The molecule has 2 fully saturated rings. The van der Waals surface area contributed by atoms with Crippen LogP contribution in [-0.2, 0) is 4.79 Å².